The quantitative estimate of drug-likeness (QED) is 0.874. The third kappa shape index (κ3) is 3.52. The highest BCUT2D eigenvalue weighted by molar-refractivity contribution is 5.32. The lowest BCUT2D eigenvalue weighted by molar-refractivity contribution is 0.272. The smallest absolute Gasteiger partial charge is 0.119 e. The number of ether oxygens (including phenoxy) is 2. The molecule has 0 saturated carbocycles. The summed E-state index contributed by atoms with van der Waals surface area (Å²) in [5.41, 5.74) is 2.54. The van der Waals surface area contributed by atoms with Gasteiger partial charge in [-0.2, -0.15) is 0 Å². The van der Waals surface area contributed by atoms with Crippen LogP contribution in [0.4, 0.5) is 0 Å². The highest BCUT2D eigenvalue weighted by Crippen LogP contribution is 2.21. The van der Waals surface area contributed by atoms with Crippen molar-refractivity contribution in [3.63, 3.8) is 0 Å². The van der Waals surface area contributed by atoms with Crippen LogP contribution in [0.1, 0.15) is 17.2 Å². The zero-order valence-electron chi connectivity index (χ0n) is 12.2. The Hall–Kier alpha value is -2.00. The van der Waals surface area contributed by atoms with Gasteiger partial charge in [-0.15, -0.1) is 0 Å². The van der Waals surface area contributed by atoms with E-state index < -0.39 is 0 Å². The number of hydrogen-bond acceptors (Lipinski definition) is 3. The molecule has 3 heteroatoms. The molecule has 0 radical (unpaired) electrons. The van der Waals surface area contributed by atoms with Crippen molar-refractivity contribution in [2.24, 2.45) is 0 Å². The minimum absolute atomic E-state index is 0.179. The van der Waals surface area contributed by atoms with E-state index in [0.29, 0.717) is 6.61 Å². The van der Waals surface area contributed by atoms with Crippen molar-refractivity contribution in [2.45, 2.75) is 13.0 Å². The topological polar surface area (TPSA) is 30.5 Å². The molecular weight excluding hydrogens is 250 g/mol. The summed E-state index contributed by atoms with van der Waals surface area (Å²) in [6.45, 7) is 2.71. The Bertz CT molecular complexity index is 537. The molecular formula is C17H21NO2. The number of hydrogen-bond donors (Lipinski definition) is 1. The first-order valence-corrected chi connectivity index (χ1v) is 6.74. The van der Waals surface area contributed by atoms with Crippen LogP contribution in [-0.2, 0) is 0 Å². The van der Waals surface area contributed by atoms with Crippen LogP contribution in [0.25, 0.3) is 0 Å². The van der Waals surface area contributed by atoms with E-state index >= 15 is 0 Å². The van der Waals surface area contributed by atoms with Crippen molar-refractivity contribution in [2.75, 3.05) is 20.8 Å². The summed E-state index contributed by atoms with van der Waals surface area (Å²) in [4.78, 5) is 0. The molecule has 0 aliphatic heterocycles. The van der Waals surface area contributed by atoms with Gasteiger partial charge in [-0.05, 0) is 49.4 Å². The predicted octanol–water partition coefficient (Wildman–Crippen LogP) is 3.34. The summed E-state index contributed by atoms with van der Waals surface area (Å²) in [5.74, 6) is 1.68. The Balaban J connectivity index is 2.02. The molecule has 20 heavy (non-hydrogen) atoms. The highest BCUT2D eigenvalue weighted by Gasteiger charge is 2.12. The van der Waals surface area contributed by atoms with Crippen molar-refractivity contribution < 1.29 is 9.47 Å². The zero-order chi connectivity index (χ0) is 14.4. The molecule has 3 nitrogen and oxygen atoms in total. The van der Waals surface area contributed by atoms with E-state index in [1.165, 1.54) is 11.1 Å². The molecule has 106 valence electrons. The van der Waals surface area contributed by atoms with E-state index in [1.54, 1.807) is 7.11 Å². The van der Waals surface area contributed by atoms with Crippen LogP contribution in [0.15, 0.2) is 48.5 Å². The molecule has 0 aliphatic rings. The van der Waals surface area contributed by atoms with Crippen molar-refractivity contribution in [1.29, 1.82) is 0 Å². The summed E-state index contributed by atoms with van der Waals surface area (Å²) in [5, 5.41) is 3.30. The Kier molecular flexibility index (Phi) is 5.02. The van der Waals surface area contributed by atoms with Crippen LogP contribution in [0.3, 0.4) is 0 Å². The van der Waals surface area contributed by atoms with Gasteiger partial charge in [0.15, 0.2) is 0 Å². The van der Waals surface area contributed by atoms with E-state index in [4.69, 9.17) is 9.47 Å². The van der Waals surface area contributed by atoms with Gasteiger partial charge in [0.1, 0.15) is 18.1 Å². The number of likely N-dealkylation sites (N-methyl/N-ethyl adjacent to an activating group) is 1. The number of rotatable bonds is 6. The monoisotopic (exact) mass is 271 g/mol. The van der Waals surface area contributed by atoms with Crippen molar-refractivity contribution in [3.05, 3.63) is 59.7 Å². The summed E-state index contributed by atoms with van der Waals surface area (Å²) >= 11 is 0. The summed E-state index contributed by atoms with van der Waals surface area (Å²) in [6.07, 6.45) is 0. The van der Waals surface area contributed by atoms with E-state index in [2.05, 4.69) is 36.5 Å². The maximum atomic E-state index is 5.85. The second-order valence-electron chi connectivity index (χ2n) is 4.68. The van der Waals surface area contributed by atoms with Gasteiger partial charge in [-0.1, -0.05) is 24.3 Å². The molecule has 1 unspecified atom stereocenters. The molecule has 0 spiro atoms. The fourth-order valence-corrected chi connectivity index (χ4v) is 2.16. The van der Waals surface area contributed by atoms with Gasteiger partial charge in [-0.3, -0.25) is 0 Å². The molecule has 1 N–H and O–H groups in total. The number of benzene rings is 2. The SMILES string of the molecule is CNC(COc1ccc(OC)cc1)c1ccccc1C. The molecule has 0 aromatic heterocycles. The van der Waals surface area contributed by atoms with Gasteiger partial charge >= 0.3 is 0 Å². The second-order valence-corrected chi connectivity index (χ2v) is 4.68. The van der Waals surface area contributed by atoms with E-state index in [0.717, 1.165) is 11.5 Å². The minimum Gasteiger partial charge on any atom is -0.497 e. The van der Waals surface area contributed by atoms with Gasteiger partial charge in [0.2, 0.25) is 0 Å². The van der Waals surface area contributed by atoms with Crippen LogP contribution in [0.5, 0.6) is 11.5 Å². The lowest BCUT2D eigenvalue weighted by atomic mass is 10.0. The molecule has 2 aromatic carbocycles. The summed E-state index contributed by atoms with van der Waals surface area (Å²) < 4.78 is 11.0. The zero-order valence-corrected chi connectivity index (χ0v) is 12.2. The normalized spacial score (nSPS) is 11.9. The maximum Gasteiger partial charge on any atom is 0.119 e. The molecule has 0 bridgehead atoms. The van der Waals surface area contributed by atoms with Crippen LogP contribution >= 0.6 is 0 Å². The maximum absolute atomic E-state index is 5.85. The second kappa shape index (κ2) is 6.96. The Morgan fingerprint density at radius 3 is 2.25 bits per heavy atom. The Morgan fingerprint density at radius 1 is 1.00 bits per heavy atom. The Morgan fingerprint density at radius 2 is 1.65 bits per heavy atom. The predicted molar refractivity (Wildman–Crippen MR) is 81.5 cm³/mol. The van der Waals surface area contributed by atoms with Crippen molar-refractivity contribution >= 4 is 0 Å². The summed E-state index contributed by atoms with van der Waals surface area (Å²) in [6, 6.07) is 16.2. The number of nitrogens with one attached hydrogen (secondary N) is 1. The molecule has 0 saturated heterocycles. The first kappa shape index (κ1) is 14.4. The fraction of sp³-hybridized carbons (Fsp3) is 0.294. The van der Waals surface area contributed by atoms with Crippen LogP contribution in [0.2, 0.25) is 0 Å². The number of methoxy groups -OCH3 is 1. The average Bonchev–Trinajstić information content (AvgIpc) is 2.50. The third-order valence-electron chi connectivity index (χ3n) is 3.39. The van der Waals surface area contributed by atoms with Gasteiger partial charge in [0.25, 0.3) is 0 Å². The van der Waals surface area contributed by atoms with E-state index in [-0.39, 0.29) is 6.04 Å². The molecule has 0 heterocycles. The molecule has 0 amide bonds. The van der Waals surface area contributed by atoms with E-state index in [1.807, 2.05) is 31.3 Å². The lowest BCUT2D eigenvalue weighted by Gasteiger charge is -2.19. The first-order chi connectivity index (χ1) is 9.74. The van der Waals surface area contributed by atoms with Gasteiger partial charge < -0.3 is 14.8 Å². The fourth-order valence-electron chi connectivity index (χ4n) is 2.16. The molecule has 2 rings (SSSR count). The van der Waals surface area contributed by atoms with Crippen LogP contribution in [-0.4, -0.2) is 20.8 Å². The minimum atomic E-state index is 0.179. The van der Waals surface area contributed by atoms with Crippen molar-refractivity contribution in [1.82, 2.24) is 5.32 Å². The molecule has 0 aliphatic carbocycles. The first-order valence-electron chi connectivity index (χ1n) is 6.74. The van der Waals surface area contributed by atoms with Crippen molar-refractivity contribution in [3.8, 4) is 11.5 Å². The van der Waals surface area contributed by atoms with Crippen LogP contribution in [0, 0.1) is 6.92 Å². The average molecular weight is 271 g/mol. The van der Waals surface area contributed by atoms with E-state index in [9.17, 15) is 0 Å². The highest BCUT2D eigenvalue weighted by atomic mass is 16.5. The van der Waals surface area contributed by atoms with Gasteiger partial charge in [-0.25, -0.2) is 0 Å². The molecule has 0 fully saturated rings. The largest absolute Gasteiger partial charge is 0.497 e. The molecule has 1 atom stereocenters. The summed E-state index contributed by atoms with van der Waals surface area (Å²) in [7, 11) is 3.61. The lowest BCUT2D eigenvalue weighted by Crippen LogP contribution is -2.24. The van der Waals surface area contributed by atoms with Gasteiger partial charge in [0, 0.05) is 0 Å². The standard InChI is InChI=1S/C17H21NO2/c1-13-6-4-5-7-16(13)17(18-2)12-20-15-10-8-14(19-3)9-11-15/h4-11,17-18H,12H2,1-3H3. The number of aryl methyl sites for hydroxylation is 1. The molecule has 2 aromatic rings. The Labute approximate surface area is 120 Å². The van der Waals surface area contributed by atoms with Gasteiger partial charge in [0.05, 0.1) is 13.2 Å². The van der Waals surface area contributed by atoms with Crippen LogP contribution < -0.4 is 14.8 Å². The third-order valence-corrected chi connectivity index (χ3v) is 3.39.